The fourth-order valence-electron chi connectivity index (χ4n) is 5.80. The standard InChI is InChI=1S/C21H25F2NO5/c1-12(17(25)24-15-4-2-3-5-16(15)29-19(22)23)28-18(26)20-7-13-6-14(8-20)10-21(27,9-13)11-20/h2-5,12-14,19,27H,6-11H2,1H3,(H,24,25)/t12-,13-,14+,20?,21?/m1/s1. The number of esters is 1. The zero-order chi connectivity index (χ0) is 20.8. The number of carbonyl (C=O) groups excluding carboxylic acids is 2. The van der Waals surface area contributed by atoms with Crippen LogP contribution in [0.4, 0.5) is 14.5 Å². The van der Waals surface area contributed by atoms with E-state index in [0.717, 1.165) is 19.3 Å². The summed E-state index contributed by atoms with van der Waals surface area (Å²) in [6.07, 6.45) is 3.14. The molecule has 4 fully saturated rings. The lowest BCUT2D eigenvalue weighted by Gasteiger charge is -2.58. The van der Waals surface area contributed by atoms with Gasteiger partial charge in [-0.15, -0.1) is 0 Å². The minimum atomic E-state index is -3.02. The molecule has 2 unspecified atom stereocenters. The summed E-state index contributed by atoms with van der Waals surface area (Å²) in [4.78, 5) is 25.5. The Hall–Kier alpha value is -2.22. The average Bonchev–Trinajstić information content (AvgIpc) is 2.60. The first-order valence-corrected chi connectivity index (χ1v) is 9.96. The number of amides is 1. The molecule has 4 bridgehead atoms. The SMILES string of the molecule is C[C@@H](OC(=O)C12C[C@@H]3C[C@@H](CC(O)(C3)C1)C2)C(=O)Nc1ccccc1OC(F)F. The Bertz CT molecular complexity index is 800. The van der Waals surface area contributed by atoms with E-state index in [-0.39, 0.29) is 11.4 Å². The molecule has 5 atom stereocenters. The van der Waals surface area contributed by atoms with Crippen LogP contribution >= 0.6 is 0 Å². The Morgan fingerprint density at radius 2 is 1.83 bits per heavy atom. The molecule has 5 rings (SSSR count). The summed E-state index contributed by atoms with van der Waals surface area (Å²) in [5, 5.41) is 13.3. The predicted octanol–water partition coefficient (Wildman–Crippen LogP) is 3.49. The zero-order valence-corrected chi connectivity index (χ0v) is 16.2. The Morgan fingerprint density at radius 1 is 1.17 bits per heavy atom. The van der Waals surface area contributed by atoms with E-state index in [2.05, 4.69) is 10.1 Å². The monoisotopic (exact) mass is 409 g/mol. The number of hydrogen-bond donors (Lipinski definition) is 2. The first-order valence-electron chi connectivity index (χ1n) is 9.96. The largest absolute Gasteiger partial charge is 0.452 e. The molecule has 158 valence electrons. The Morgan fingerprint density at radius 3 is 2.45 bits per heavy atom. The fraction of sp³-hybridized carbons (Fsp3) is 0.619. The van der Waals surface area contributed by atoms with Crippen molar-refractivity contribution < 1.29 is 33.0 Å². The smallest absolute Gasteiger partial charge is 0.387 e. The summed E-state index contributed by atoms with van der Waals surface area (Å²) >= 11 is 0. The summed E-state index contributed by atoms with van der Waals surface area (Å²) in [6, 6.07) is 5.82. The van der Waals surface area contributed by atoms with Gasteiger partial charge in [0.15, 0.2) is 6.10 Å². The first-order chi connectivity index (χ1) is 13.7. The number of alkyl halides is 2. The molecule has 0 spiro atoms. The van der Waals surface area contributed by atoms with Crippen LogP contribution in [0.25, 0.3) is 0 Å². The van der Waals surface area contributed by atoms with Crippen LogP contribution in [0.1, 0.15) is 45.4 Å². The number of aliphatic hydroxyl groups is 1. The van der Waals surface area contributed by atoms with Crippen molar-refractivity contribution in [1.29, 1.82) is 0 Å². The molecular formula is C21H25F2NO5. The van der Waals surface area contributed by atoms with Gasteiger partial charge in [-0.3, -0.25) is 9.59 Å². The minimum Gasteiger partial charge on any atom is -0.452 e. The van der Waals surface area contributed by atoms with Crippen LogP contribution in [0.3, 0.4) is 0 Å². The van der Waals surface area contributed by atoms with E-state index in [4.69, 9.17) is 4.74 Å². The van der Waals surface area contributed by atoms with Crippen molar-refractivity contribution in [3.8, 4) is 5.75 Å². The van der Waals surface area contributed by atoms with Crippen molar-refractivity contribution in [2.24, 2.45) is 17.3 Å². The maximum absolute atomic E-state index is 13.0. The lowest BCUT2D eigenvalue weighted by Crippen LogP contribution is -2.59. The number of carbonyl (C=O) groups is 2. The molecule has 0 heterocycles. The molecule has 1 aromatic rings. The number of halogens is 2. The van der Waals surface area contributed by atoms with Crippen LogP contribution < -0.4 is 10.1 Å². The van der Waals surface area contributed by atoms with Crippen molar-refractivity contribution in [1.82, 2.24) is 0 Å². The number of anilines is 1. The van der Waals surface area contributed by atoms with E-state index in [9.17, 15) is 23.5 Å². The van der Waals surface area contributed by atoms with Gasteiger partial charge in [-0.25, -0.2) is 0 Å². The number of para-hydroxylation sites is 2. The third-order valence-corrected chi connectivity index (χ3v) is 6.48. The summed E-state index contributed by atoms with van der Waals surface area (Å²) in [5.41, 5.74) is -1.46. The van der Waals surface area contributed by atoms with Crippen molar-refractivity contribution >= 4 is 17.6 Å². The van der Waals surface area contributed by atoms with Crippen LogP contribution in [0.5, 0.6) is 5.75 Å². The average molecular weight is 409 g/mol. The number of rotatable bonds is 6. The van der Waals surface area contributed by atoms with Crippen LogP contribution in [0, 0.1) is 17.3 Å². The van der Waals surface area contributed by atoms with E-state index in [1.165, 1.54) is 25.1 Å². The summed E-state index contributed by atoms with van der Waals surface area (Å²) in [5.74, 6) is -0.623. The van der Waals surface area contributed by atoms with E-state index >= 15 is 0 Å². The molecule has 8 heteroatoms. The number of benzene rings is 1. The number of nitrogens with one attached hydrogen (secondary N) is 1. The maximum Gasteiger partial charge on any atom is 0.387 e. The summed E-state index contributed by atoms with van der Waals surface area (Å²) in [6.45, 7) is -1.58. The molecule has 4 saturated carbocycles. The van der Waals surface area contributed by atoms with Crippen molar-refractivity contribution in [3.05, 3.63) is 24.3 Å². The highest BCUT2D eigenvalue weighted by Gasteiger charge is 2.61. The second-order valence-corrected chi connectivity index (χ2v) is 8.88. The highest BCUT2D eigenvalue weighted by atomic mass is 19.3. The van der Waals surface area contributed by atoms with Crippen molar-refractivity contribution in [2.75, 3.05) is 5.32 Å². The normalized spacial score (nSPS) is 33.4. The fourth-order valence-corrected chi connectivity index (χ4v) is 5.80. The van der Waals surface area contributed by atoms with Gasteiger partial charge in [-0.05, 0) is 69.4 Å². The molecule has 1 aromatic carbocycles. The lowest BCUT2D eigenvalue weighted by molar-refractivity contribution is -0.199. The molecule has 0 saturated heterocycles. The Balaban J connectivity index is 1.41. The molecule has 4 aliphatic carbocycles. The van der Waals surface area contributed by atoms with Gasteiger partial charge in [0, 0.05) is 0 Å². The molecule has 0 radical (unpaired) electrons. The van der Waals surface area contributed by atoms with E-state index in [0.29, 0.717) is 31.1 Å². The molecular weight excluding hydrogens is 384 g/mol. The van der Waals surface area contributed by atoms with Crippen molar-refractivity contribution in [2.45, 2.75) is 63.8 Å². The van der Waals surface area contributed by atoms with Crippen molar-refractivity contribution in [3.63, 3.8) is 0 Å². The van der Waals surface area contributed by atoms with Gasteiger partial charge in [0.25, 0.3) is 5.91 Å². The highest BCUT2D eigenvalue weighted by molar-refractivity contribution is 5.96. The third-order valence-electron chi connectivity index (χ3n) is 6.48. The van der Waals surface area contributed by atoms with Gasteiger partial charge in [0.1, 0.15) is 5.75 Å². The van der Waals surface area contributed by atoms with Crippen LogP contribution in [0.2, 0.25) is 0 Å². The summed E-state index contributed by atoms with van der Waals surface area (Å²) in [7, 11) is 0. The van der Waals surface area contributed by atoms with E-state index in [1.807, 2.05) is 0 Å². The molecule has 6 nitrogen and oxygen atoms in total. The number of ether oxygens (including phenoxy) is 2. The van der Waals surface area contributed by atoms with Crippen LogP contribution in [0.15, 0.2) is 24.3 Å². The van der Waals surface area contributed by atoms with Gasteiger partial charge in [-0.2, -0.15) is 8.78 Å². The van der Waals surface area contributed by atoms with Gasteiger partial charge in [0.2, 0.25) is 0 Å². The van der Waals surface area contributed by atoms with Crippen LogP contribution in [-0.2, 0) is 14.3 Å². The molecule has 4 aliphatic rings. The molecule has 29 heavy (non-hydrogen) atoms. The predicted molar refractivity (Wildman–Crippen MR) is 99.3 cm³/mol. The van der Waals surface area contributed by atoms with Crippen LogP contribution in [-0.4, -0.2) is 35.3 Å². The van der Waals surface area contributed by atoms with E-state index in [1.54, 1.807) is 6.07 Å². The second kappa shape index (κ2) is 7.23. The van der Waals surface area contributed by atoms with Gasteiger partial charge >= 0.3 is 12.6 Å². The molecule has 0 aromatic heterocycles. The first kappa shape index (κ1) is 20.1. The minimum absolute atomic E-state index is 0.0739. The lowest BCUT2D eigenvalue weighted by atomic mass is 9.48. The number of hydrogen-bond acceptors (Lipinski definition) is 5. The second-order valence-electron chi connectivity index (χ2n) is 8.88. The van der Waals surface area contributed by atoms with E-state index < -0.39 is 35.6 Å². The molecule has 0 aliphatic heterocycles. The summed E-state index contributed by atoms with van der Waals surface area (Å²) < 4.78 is 35.0. The van der Waals surface area contributed by atoms with Gasteiger partial charge in [0.05, 0.1) is 16.7 Å². The zero-order valence-electron chi connectivity index (χ0n) is 16.2. The Labute approximate surface area is 167 Å². The van der Waals surface area contributed by atoms with Gasteiger partial charge < -0.3 is 19.9 Å². The quantitative estimate of drug-likeness (QED) is 0.703. The topological polar surface area (TPSA) is 84.9 Å². The maximum atomic E-state index is 13.0. The Kier molecular flexibility index (Phi) is 5.01. The third kappa shape index (κ3) is 3.95. The highest BCUT2D eigenvalue weighted by Crippen LogP contribution is 2.62. The molecule has 2 N–H and O–H groups in total. The molecule has 1 amide bonds. The van der Waals surface area contributed by atoms with Gasteiger partial charge in [-0.1, -0.05) is 12.1 Å².